The number of ether oxygens (including phenoxy) is 3. The van der Waals surface area contributed by atoms with E-state index in [2.05, 4.69) is 69.4 Å². The molecule has 0 heterocycles. The van der Waals surface area contributed by atoms with Crippen LogP contribution in [-0.2, 0) is 28.6 Å². The van der Waals surface area contributed by atoms with E-state index < -0.39 is 6.10 Å². The SMILES string of the molecule is CC/C=C\C/C=C\C/C=C\C/C=C\CCCCCCCCCCCCCCCCC(=O)OCC(COC(=O)CCCCCCCCCCC)OC(=O)CCCCCCCCCCCCCCCCCCCC. The van der Waals surface area contributed by atoms with Gasteiger partial charge in [0.1, 0.15) is 13.2 Å². The average molecular weight is 1010 g/mol. The summed E-state index contributed by atoms with van der Waals surface area (Å²) in [7, 11) is 0. The maximum Gasteiger partial charge on any atom is 0.306 e. The van der Waals surface area contributed by atoms with Crippen molar-refractivity contribution >= 4 is 17.9 Å². The van der Waals surface area contributed by atoms with Crippen LogP contribution in [0.3, 0.4) is 0 Å². The summed E-state index contributed by atoms with van der Waals surface area (Å²) in [6.45, 7) is 6.56. The van der Waals surface area contributed by atoms with Gasteiger partial charge < -0.3 is 14.2 Å². The molecule has 0 radical (unpaired) electrons. The summed E-state index contributed by atoms with van der Waals surface area (Å²) < 4.78 is 16.9. The topological polar surface area (TPSA) is 78.9 Å². The summed E-state index contributed by atoms with van der Waals surface area (Å²) in [5.74, 6) is -0.849. The summed E-state index contributed by atoms with van der Waals surface area (Å²) in [6.07, 6.45) is 75.6. The largest absolute Gasteiger partial charge is 0.462 e. The second kappa shape index (κ2) is 60.9. The number of hydrogen-bond acceptors (Lipinski definition) is 6. The molecule has 0 aromatic heterocycles. The fourth-order valence-electron chi connectivity index (χ4n) is 9.38. The lowest BCUT2D eigenvalue weighted by Crippen LogP contribution is -2.30. The van der Waals surface area contributed by atoms with Crippen LogP contribution in [0.15, 0.2) is 48.6 Å². The first-order chi connectivity index (χ1) is 35.5. The Morgan fingerprint density at radius 1 is 0.292 bits per heavy atom. The molecule has 0 saturated carbocycles. The molecule has 0 fully saturated rings. The van der Waals surface area contributed by atoms with Crippen molar-refractivity contribution in [2.24, 2.45) is 0 Å². The molecule has 0 amide bonds. The fraction of sp³-hybridized carbons (Fsp3) is 0.833. The van der Waals surface area contributed by atoms with Crippen molar-refractivity contribution in [3.63, 3.8) is 0 Å². The third-order valence-corrected chi connectivity index (χ3v) is 14.1. The summed E-state index contributed by atoms with van der Waals surface area (Å²) in [4.78, 5) is 38.1. The van der Waals surface area contributed by atoms with Crippen LogP contribution < -0.4 is 0 Å². The van der Waals surface area contributed by atoms with Crippen molar-refractivity contribution in [3.05, 3.63) is 48.6 Å². The first-order valence-corrected chi connectivity index (χ1v) is 31.6. The van der Waals surface area contributed by atoms with Crippen LogP contribution in [-0.4, -0.2) is 37.2 Å². The standard InChI is InChI=1S/C66H120O6/c1-4-7-10-13-16-19-21-23-25-27-29-30-31-32-33-34-35-36-37-39-40-42-44-47-50-53-56-59-65(68)71-62-63(61-70-64(67)58-55-52-49-46-18-15-12-9-6-3)72-66(69)60-57-54-51-48-45-43-41-38-28-26-24-22-20-17-14-11-8-5-2/h7,10,16,19,23,25,29-30,63H,4-6,8-9,11-15,17-18,20-22,24,26-28,31-62H2,1-3H3/b10-7-,19-16-,25-23-,30-29-. The van der Waals surface area contributed by atoms with Crippen molar-refractivity contribution in [3.8, 4) is 0 Å². The summed E-state index contributed by atoms with van der Waals surface area (Å²) in [5, 5.41) is 0. The maximum atomic E-state index is 12.9. The second-order valence-electron chi connectivity index (χ2n) is 21.3. The summed E-state index contributed by atoms with van der Waals surface area (Å²) >= 11 is 0. The van der Waals surface area contributed by atoms with Crippen LogP contribution >= 0.6 is 0 Å². The molecule has 0 aliphatic heterocycles. The van der Waals surface area contributed by atoms with Crippen molar-refractivity contribution in [2.75, 3.05) is 13.2 Å². The minimum atomic E-state index is -0.767. The van der Waals surface area contributed by atoms with Crippen LogP contribution in [0.4, 0.5) is 0 Å². The molecule has 1 unspecified atom stereocenters. The Labute approximate surface area is 448 Å². The third kappa shape index (κ3) is 58.3. The van der Waals surface area contributed by atoms with Gasteiger partial charge in [0, 0.05) is 19.3 Å². The molecule has 6 nitrogen and oxygen atoms in total. The van der Waals surface area contributed by atoms with E-state index in [0.717, 1.165) is 83.5 Å². The Kier molecular flexibility index (Phi) is 58.7. The molecule has 0 aliphatic rings. The predicted molar refractivity (Wildman–Crippen MR) is 312 cm³/mol. The highest BCUT2D eigenvalue weighted by Gasteiger charge is 2.19. The molecule has 0 bridgehead atoms. The first-order valence-electron chi connectivity index (χ1n) is 31.6. The van der Waals surface area contributed by atoms with Gasteiger partial charge in [0.2, 0.25) is 0 Å². The number of hydrogen-bond donors (Lipinski definition) is 0. The zero-order valence-electron chi connectivity index (χ0n) is 48.2. The monoisotopic (exact) mass is 1010 g/mol. The molecule has 0 rings (SSSR count). The van der Waals surface area contributed by atoms with Gasteiger partial charge in [-0.1, -0.05) is 307 Å². The Morgan fingerprint density at radius 3 is 0.847 bits per heavy atom. The first kappa shape index (κ1) is 69.4. The van der Waals surface area contributed by atoms with Gasteiger partial charge in [-0.2, -0.15) is 0 Å². The molecule has 0 spiro atoms. The molecular weight excluding hydrogens is 889 g/mol. The zero-order chi connectivity index (χ0) is 52.2. The van der Waals surface area contributed by atoms with Crippen molar-refractivity contribution < 1.29 is 28.6 Å². The normalized spacial score (nSPS) is 12.3. The van der Waals surface area contributed by atoms with E-state index in [0.29, 0.717) is 19.3 Å². The third-order valence-electron chi connectivity index (χ3n) is 14.1. The minimum absolute atomic E-state index is 0.0673. The van der Waals surface area contributed by atoms with Crippen LogP contribution in [0.2, 0.25) is 0 Å². The maximum absolute atomic E-state index is 12.9. The van der Waals surface area contributed by atoms with Crippen LogP contribution in [0.25, 0.3) is 0 Å². The molecule has 0 aromatic carbocycles. The van der Waals surface area contributed by atoms with Gasteiger partial charge in [0.05, 0.1) is 0 Å². The van der Waals surface area contributed by atoms with Crippen LogP contribution in [0.1, 0.15) is 335 Å². The molecule has 1 atom stereocenters. The average Bonchev–Trinajstić information content (AvgIpc) is 3.38. The lowest BCUT2D eigenvalue weighted by atomic mass is 10.0. The van der Waals surface area contributed by atoms with Crippen molar-refractivity contribution in [1.29, 1.82) is 0 Å². The highest BCUT2D eigenvalue weighted by Crippen LogP contribution is 2.18. The van der Waals surface area contributed by atoms with E-state index in [-0.39, 0.29) is 31.1 Å². The van der Waals surface area contributed by atoms with E-state index >= 15 is 0 Å². The van der Waals surface area contributed by atoms with Crippen molar-refractivity contribution in [2.45, 2.75) is 341 Å². The number of carbonyl (C=O) groups is 3. The molecule has 6 heteroatoms. The second-order valence-corrected chi connectivity index (χ2v) is 21.3. The number of esters is 3. The highest BCUT2D eigenvalue weighted by atomic mass is 16.6. The van der Waals surface area contributed by atoms with Crippen molar-refractivity contribution in [1.82, 2.24) is 0 Å². The smallest absolute Gasteiger partial charge is 0.306 e. The summed E-state index contributed by atoms with van der Waals surface area (Å²) in [5.41, 5.74) is 0. The van der Waals surface area contributed by atoms with Crippen LogP contribution in [0.5, 0.6) is 0 Å². The minimum Gasteiger partial charge on any atom is -0.462 e. The van der Waals surface area contributed by atoms with E-state index in [1.54, 1.807) is 0 Å². The molecule has 420 valence electrons. The number of rotatable bonds is 58. The molecule has 72 heavy (non-hydrogen) atoms. The number of carbonyl (C=O) groups excluding carboxylic acids is 3. The van der Waals surface area contributed by atoms with Gasteiger partial charge in [0.25, 0.3) is 0 Å². The molecule has 0 aliphatic carbocycles. The molecule has 0 saturated heterocycles. The lowest BCUT2D eigenvalue weighted by Gasteiger charge is -2.18. The van der Waals surface area contributed by atoms with Gasteiger partial charge in [0.15, 0.2) is 6.10 Å². The Morgan fingerprint density at radius 2 is 0.542 bits per heavy atom. The number of allylic oxidation sites excluding steroid dienone is 8. The van der Waals surface area contributed by atoms with Gasteiger partial charge in [-0.25, -0.2) is 0 Å². The lowest BCUT2D eigenvalue weighted by molar-refractivity contribution is -0.167. The predicted octanol–water partition coefficient (Wildman–Crippen LogP) is 21.4. The Balaban J connectivity index is 4.14. The van der Waals surface area contributed by atoms with E-state index in [9.17, 15) is 14.4 Å². The van der Waals surface area contributed by atoms with E-state index in [1.807, 2.05) is 0 Å². The highest BCUT2D eigenvalue weighted by molar-refractivity contribution is 5.71. The van der Waals surface area contributed by atoms with E-state index in [4.69, 9.17) is 14.2 Å². The molecule has 0 aromatic rings. The Bertz CT molecular complexity index is 1250. The van der Waals surface area contributed by atoms with Gasteiger partial charge in [-0.15, -0.1) is 0 Å². The Hall–Kier alpha value is -2.63. The molecule has 0 N–H and O–H groups in total. The van der Waals surface area contributed by atoms with Gasteiger partial charge >= 0.3 is 17.9 Å². The van der Waals surface area contributed by atoms with E-state index in [1.165, 1.54) is 212 Å². The zero-order valence-corrected chi connectivity index (χ0v) is 48.2. The molecular formula is C66H120O6. The van der Waals surface area contributed by atoms with Gasteiger partial charge in [-0.05, 0) is 57.8 Å². The number of unbranched alkanes of at least 4 members (excludes halogenated alkanes) is 39. The summed E-state index contributed by atoms with van der Waals surface area (Å²) in [6, 6.07) is 0. The van der Waals surface area contributed by atoms with Gasteiger partial charge in [-0.3, -0.25) is 14.4 Å². The fourth-order valence-corrected chi connectivity index (χ4v) is 9.38. The van der Waals surface area contributed by atoms with Crippen LogP contribution in [0, 0.1) is 0 Å². The quantitative estimate of drug-likeness (QED) is 0.0261.